The van der Waals surface area contributed by atoms with Gasteiger partial charge in [-0.05, 0) is 55.2 Å². The van der Waals surface area contributed by atoms with Crippen LogP contribution in [0.15, 0.2) is 53.5 Å². The van der Waals surface area contributed by atoms with E-state index in [1.54, 1.807) is 12.2 Å². The van der Waals surface area contributed by atoms with Crippen LogP contribution in [0.25, 0.3) is 0 Å². The average molecular weight is 450 g/mol. The number of allylic oxidation sites excluding steroid dienone is 5. The molecule has 0 bridgehead atoms. The molecule has 0 amide bonds. The number of aliphatic carboxylic acids is 1. The first kappa shape index (κ1) is 21.9. The molecule has 1 aliphatic heterocycles. The topological polar surface area (TPSA) is 74.7 Å². The smallest absolute Gasteiger partial charge is 0.303 e. The molecule has 8 heteroatoms. The maximum Gasteiger partial charge on any atom is 0.303 e. The minimum Gasteiger partial charge on any atom is -0.481 e. The lowest BCUT2D eigenvalue weighted by atomic mass is 9.81. The highest BCUT2D eigenvalue weighted by atomic mass is 32.2. The lowest BCUT2D eigenvalue weighted by molar-refractivity contribution is -0.137. The van der Waals surface area contributed by atoms with E-state index in [-0.39, 0.29) is 47.7 Å². The van der Waals surface area contributed by atoms with Gasteiger partial charge in [-0.3, -0.25) is 4.79 Å². The van der Waals surface area contributed by atoms with Crippen molar-refractivity contribution in [1.82, 2.24) is 4.31 Å². The third-order valence-corrected chi connectivity index (χ3v) is 8.64. The molecule has 1 aromatic carbocycles. The fourth-order valence-electron chi connectivity index (χ4n) is 5.06. The molecule has 2 aliphatic carbocycles. The predicted octanol–water partition coefficient (Wildman–Crippen LogP) is 4.35. The number of hydrogen-bond donors (Lipinski definition) is 1. The van der Waals surface area contributed by atoms with Crippen LogP contribution in [0.4, 0.5) is 8.78 Å². The van der Waals surface area contributed by atoms with E-state index < -0.39 is 33.5 Å². The molecule has 1 fully saturated rings. The van der Waals surface area contributed by atoms with Gasteiger partial charge in [0.1, 0.15) is 0 Å². The van der Waals surface area contributed by atoms with Crippen LogP contribution in [-0.2, 0) is 14.8 Å². The van der Waals surface area contributed by atoms with E-state index in [2.05, 4.69) is 0 Å². The van der Waals surface area contributed by atoms with Gasteiger partial charge in [-0.1, -0.05) is 36.4 Å². The Morgan fingerprint density at radius 2 is 1.97 bits per heavy atom. The Morgan fingerprint density at radius 3 is 2.74 bits per heavy atom. The summed E-state index contributed by atoms with van der Waals surface area (Å²) in [7, 11) is -3.82. The molecule has 1 aromatic rings. The van der Waals surface area contributed by atoms with Crippen LogP contribution >= 0.6 is 0 Å². The second-order valence-corrected chi connectivity index (χ2v) is 10.4. The maximum absolute atomic E-state index is 14.3. The van der Waals surface area contributed by atoms with E-state index in [0.717, 1.165) is 12.5 Å². The summed E-state index contributed by atoms with van der Waals surface area (Å²) in [5.74, 6) is -3.29. The lowest BCUT2D eigenvalue weighted by Crippen LogP contribution is -2.39. The van der Waals surface area contributed by atoms with Gasteiger partial charge in [-0.2, -0.15) is 4.31 Å². The van der Waals surface area contributed by atoms with Gasteiger partial charge in [0, 0.05) is 24.9 Å². The zero-order valence-corrected chi connectivity index (χ0v) is 17.8. The van der Waals surface area contributed by atoms with Crippen LogP contribution in [0.1, 0.15) is 43.6 Å². The summed E-state index contributed by atoms with van der Waals surface area (Å²) in [6.07, 6.45) is 10.6. The predicted molar refractivity (Wildman–Crippen MR) is 113 cm³/mol. The Kier molecular flexibility index (Phi) is 6.12. The number of nitrogens with zero attached hydrogens (tertiary/aromatic N) is 1. The molecule has 1 heterocycles. The molecule has 0 aromatic heterocycles. The first-order valence-corrected chi connectivity index (χ1v) is 11.9. The Bertz CT molecular complexity index is 1060. The molecule has 3 aliphatic rings. The zero-order valence-electron chi connectivity index (χ0n) is 17.0. The fourth-order valence-corrected chi connectivity index (χ4v) is 6.99. The third-order valence-electron chi connectivity index (χ3n) is 6.63. The molecule has 4 rings (SSSR count). The van der Waals surface area contributed by atoms with Crippen molar-refractivity contribution in [1.29, 1.82) is 0 Å². The lowest BCUT2D eigenvalue weighted by Gasteiger charge is -2.31. The number of sulfonamides is 1. The molecular formula is C23H25F2NO4S. The van der Waals surface area contributed by atoms with Gasteiger partial charge in [-0.25, -0.2) is 17.2 Å². The monoisotopic (exact) mass is 449 g/mol. The second-order valence-electron chi connectivity index (χ2n) is 8.41. The van der Waals surface area contributed by atoms with E-state index in [1.165, 1.54) is 22.5 Å². The molecule has 166 valence electrons. The van der Waals surface area contributed by atoms with Gasteiger partial charge in [0.15, 0.2) is 11.6 Å². The summed E-state index contributed by atoms with van der Waals surface area (Å²) < 4.78 is 56.6. The first-order chi connectivity index (χ1) is 14.8. The number of fused-ring (bicyclic) bond motifs is 1. The number of carboxylic acids is 1. The van der Waals surface area contributed by atoms with Crippen LogP contribution in [0.2, 0.25) is 0 Å². The summed E-state index contributed by atoms with van der Waals surface area (Å²) >= 11 is 0. The Hall–Kier alpha value is -2.32. The van der Waals surface area contributed by atoms with Crippen molar-refractivity contribution in [3.63, 3.8) is 0 Å². The maximum atomic E-state index is 14.3. The van der Waals surface area contributed by atoms with E-state index in [1.807, 2.05) is 12.2 Å². The van der Waals surface area contributed by atoms with Crippen LogP contribution < -0.4 is 0 Å². The minimum absolute atomic E-state index is 0.0118. The number of benzene rings is 1. The van der Waals surface area contributed by atoms with Gasteiger partial charge in [0.05, 0.1) is 4.91 Å². The summed E-state index contributed by atoms with van der Waals surface area (Å²) in [5, 5.41) is 9.06. The summed E-state index contributed by atoms with van der Waals surface area (Å²) in [6.45, 7) is 0.284. The Morgan fingerprint density at radius 1 is 1.19 bits per heavy atom. The summed E-state index contributed by atoms with van der Waals surface area (Å²) in [6, 6.07) is 3.73. The van der Waals surface area contributed by atoms with Crippen molar-refractivity contribution in [2.24, 2.45) is 11.8 Å². The summed E-state index contributed by atoms with van der Waals surface area (Å²) in [4.78, 5) is 11.2. The van der Waals surface area contributed by atoms with Gasteiger partial charge >= 0.3 is 5.97 Å². The molecule has 31 heavy (non-hydrogen) atoms. The normalized spacial score (nSPS) is 28.4. The highest BCUT2D eigenvalue weighted by Crippen LogP contribution is 2.44. The molecule has 0 radical (unpaired) electrons. The van der Waals surface area contributed by atoms with Crippen LogP contribution in [0.5, 0.6) is 0 Å². The number of rotatable bonds is 6. The number of halogens is 2. The van der Waals surface area contributed by atoms with Crippen LogP contribution in [0, 0.1) is 23.5 Å². The molecule has 1 N–H and O–H groups in total. The molecule has 0 spiro atoms. The van der Waals surface area contributed by atoms with Gasteiger partial charge in [0.25, 0.3) is 0 Å². The molecule has 4 atom stereocenters. The summed E-state index contributed by atoms with van der Waals surface area (Å²) in [5.41, 5.74) is 0.135. The third kappa shape index (κ3) is 4.23. The molecule has 4 unspecified atom stereocenters. The number of hydrogen-bond acceptors (Lipinski definition) is 3. The van der Waals surface area contributed by atoms with E-state index in [9.17, 15) is 22.0 Å². The first-order valence-electron chi connectivity index (χ1n) is 10.5. The number of carboxylic acid groups (broad SMARTS) is 1. The van der Waals surface area contributed by atoms with Gasteiger partial charge in [-0.15, -0.1) is 0 Å². The molecule has 1 saturated heterocycles. The quantitative estimate of drug-likeness (QED) is 0.655. The van der Waals surface area contributed by atoms with Crippen molar-refractivity contribution in [2.75, 3.05) is 6.54 Å². The Balaban J connectivity index is 1.58. The average Bonchev–Trinajstić information content (AvgIpc) is 3.14. The highest BCUT2D eigenvalue weighted by Gasteiger charge is 2.47. The largest absolute Gasteiger partial charge is 0.481 e. The van der Waals surface area contributed by atoms with Gasteiger partial charge < -0.3 is 5.11 Å². The van der Waals surface area contributed by atoms with Crippen molar-refractivity contribution < 1.29 is 27.1 Å². The zero-order chi connectivity index (χ0) is 22.2. The highest BCUT2D eigenvalue weighted by molar-refractivity contribution is 7.93. The van der Waals surface area contributed by atoms with Gasteiger partial charge in [0.2, 0.25) is 10.0 Å². The molecule has 0 saturated carbocycles. The standard InChI is InChI=1S/C23H25F2NO4S/c24-20-9-4-8-19(23(20)25)15-5-3-6-17(13-15)31(29,30)26-14-16(11-12-22(27)28)18-7-1-2-10-21(18)26/h1-6,8-9,15-16,18,21H,7,10-14H2,(H,27,28). The van der Waals surface area contributed by atoms with Crippen molar-refractivity contribution in [3.05, 3.63) is 70.7 Å². The van der Waals surface area contributed by atoms with E-state index >= 15 is 0 Å². The number of carbonyl (C=O) groups is 1. The second kappa shape index (κ2) is 8.67. The van der Waals surface area contributed by atoms with Crippen LogP contribution in [-0.4, -0.2) is 36.4 Å². The van der Waals surface area contributed by atoms with E-state index in [4.69, 9.17) is 5.11 Å². The van der Waals surface area contributed by atoms with Crippen LogP contribution in [0.3, 0.4) is 0 Å². The SMILES string of the molecule is O=C(O)CCC1CN(S(=O)(=O)C2=CC=CC(c3cccc(F)c3F)C2)C2CC=CCC12. The minimum atomic E-state index is -3.82. The Labute approximate surface area is 180 Å². The molecule has 5 nitrogen and oxygen atoms in total. The van der Waals surface area contributed by atoms with Crippen molar-refractivity contribution in [3.8, 4) is 0 Å². The van der Waals surface area contributed by atoms with Crippen molar-refractivity contribution in [2.45, 2.75) is 44.1 Å². The van der Waals surface area contributed by atoms with Crippen molar-refractivity contribution >= 4 is 16.0 Å². The van der Waals surface area contributed by atoms with E-state index in [0.29, 0.717) is 12.8 Å². The fraction of sp³-hybridized carbons (Fsp3) is 0.435. The molecular weight excluding hydrogens is 424 g/mol.